The number of benzene rings is 1. The molecule has 2 aliphatic heterocycles. The minimum Gasteiger partial charge on any atom is -0.384 e. The number of fused-ring (bicyclic) bond motifs is 3. The molecule has 0 aliphatic carbocycles. The Morgan fingerprint density at radius 2 is 1.95 bits per heavy atom. The smallest absolute Gasteiger partial charge is 0.135 e. The van der Waals surface area contributed by atoms with E-state index in [1.54, 1.807) is 6.33 Å². The molecule has 4 nitrogen and oxygen atoms in total. The van der Waals surface area contributed by atoms with Crippen LogP contribution in [0.4, 0.5) is 11.5 Å². The summed E-state index contributed by atoms with van der Waals surface area (Å²) in [7, 11) is 0. The second kappa shape index (κ2) is 5.76. The molecule has 5 heteroatoms. The van der Waals surface area contributed by atoms with Gasteiger partial charge < -0.3 is 10.2 Å². The Hall–Kier alpha value is -1.81. The van der Waals surface area contributed by atoms with Gasteiger partial charge in [0.15, 0.2) is 0 Å². The van der Waals surface area contributed by atoms with Crippen molar-refractivity contribution >= 4 is 23.1 Å². The van der Waals surface area contributed by atoms with Crippen LogP contribution >= 0.6 is 11.6 Å². The number of nitrogens with one attached hydrogen (secondary N) is 1. The van der Waals surface area contributed by atoms with E-state index in [1.165, 1.54) is 24.8 Å². The molecule has 4 rings (SSSR count). The molecule has 0 unspecified atom stereocenters. The van der Waals surface area contributed by atoms with Crippen molar-refractivity contribution in [2.75, 3.05) is 29.9 Å². The fraction of sp³-hybridized carbons (Fsp3) is 0.412. The van der Waals surface area contributed by atoms with Gasteiger partial charge in [0, 0.05) is 41.5 Å². The summed E-state index contributed by atoms with van der Waals surface area (Å²) in [6.45, 7) is 3.09. The molecule has 2 aromatic rings. The van der Waals surface area contributed by atoms with Gasteiger partial charge in [-0.15, -0.1) is 0 Å². The van der Waals surface area contributed by atoms with E-state index in [0.717, 1.165) is 53.8 Å². The Labute approximate surface area is 135 Å². The van der Waals surface area contributed by atoms with E-state index in [0.29, 0.717) is 0 Å². The second-order valence-electron chi connectivity index (χ2n) is 5.94. The monoisotopic (exact) mass is 314 g/mol. The molecule has 1 N–H and O–H groups in total. The van der Waals surface area contributed by atoms with Gasteiger partial charge in [-0.3, -0.25) is 0 Å². The molecule has 0 bridgehead atoms. The maximum absolute atomic E-state index is 6.13. The summed E-state index contributed by atoms with van der Waals surface area (Å²) < 4.78 is 0. The molecule has 1 saturated heterocycles. The van der Waals surface area contributed by atoms with E-state index in [2.05, 4.69) is 26.3 Å². The van der Waals surface area contributed by atoms with Crippen molar-refractivity contribution in [3.63, 3.8) is 0 Å². The van der Waals surface area contributed by atoms with Gasteiger partial charge in [0.05, 0.1) is 5.69 Å². The Balaban J connectivity index is 1.83. The quantitative estimate of drug-likeness (QED) is 0.870. The first-order chi connectivity index (χ1) is 10.8. The Morgan fingerprint density at radius 3 is 2.82 bits per heavy atom. The van der Waals surface area contributed by atoms with Crippen molar-refractivity contribution in [1.29, 1.82) is 0 Å². The molecule has 0 radical (unpaired) electrons. The second-order valence-corrected chi connectivity index (χ2v) is 6.38. The normalized spacial score (nSPS) is 17.2. The van der Waals surface area contributed by atoms with Crippen LogP contribution in [-0.4, -0.2) is 29.6 Å². The van der Waals surface area contributed by atoms with Crippen molar-refractivity contribution in [1.82, 2.24) is 9.97 Å². The maximum Gasteiger partial charge on any atom is 0.135 e. The number of piperidine rings is 1. The third-order valence-corrected chi connectivity index (χ3v) is 4.74. The molecule has 22 heavy (non-hydrogen) atoms. The first kappa shape index (κ1) is 13.8. The molecule has 1 fully saturated rings. The van der Waals surface area contributed by atoms with Crippen molar-refractivity contribution in [2.24, 2.45) is 0 Å². The van der Waals surface area contributed by atoms with E-state index >= 15 is 0 Å². The summed E-state index contributed by atoms with van der Waals surface area (Å²) in [4.78, 5) is 11.6. The number of halogens is 1. The van der Waals surface area contributed by atoms with E-state index in [1.807, 2.05) is 12.1 Å². The molecule has 0 saturated carbocycles. The highest BCUT2D eigenvalue weighted by molar-refractivity contribution is 6.31. The minimum absolute atomic E-state index is 0.750. The van der Waals surface area contributed by atoms with Gasteiger partial charge in [-0.05, 0) is 43.9 Å². The van der Waals surface area contributed by atoms with Crippen LogP contribution in [0.1, 0.15) is 24.8 Å². The van der Waals surface area contributed by atoms with Crippen LogP contribution < -0.4 is 10.2 Å². The predicted octanol–water partition coefficient (Wildman–Crippen LogP) is 3.76. The van der Waals surface area contributed by atoms with Crippen LogP contribution in [0.15, 0.2) is 24.5 Å². The van der Waals surface area contributed by atoms with Crippen LogP contribution in [-0.2, 0) is 6.42 Å². The van der Waals surface area contributed by atoms with Crippen molar-refractivity contribution < 1.29 is 0 Å². The van der Waals surface area contributed by atoms with Gasteiger partial charge in [-0.1, -0.05) is 11.6 Å². The summed E-state index contributed by atoms with van der Waals surface area (Å²) in [6.07, 6.45) is 6.47. The fourth-order valence-electron chi connectivity index (χ4n) is 3.43. The van der Waals surface area contributed by atoms with Crippen molar-refractivity contribution in [3.05, 3.63) is 35.1 Å². The van der Waals surface area contributed by atoms with Crippen LogP contribution in [0, 0.1) is 0 Å². The van der Waals surface area contributed by atoms with Crippen LogP contribution in [0.2, 0.25) is 5.02 Å². The zero-order valence-electron chi connectivity index (χ0n) is 12.5. The summed E-state index contributed by atoms with van der Waals surface area (Å²) in [6, 6.07) is 5.97. The molecule has 0 atom stereocenters. The van der Waals surface area contributed by atoms with Crippen LogP contribution in [0.3, 0.4) is 0 Å². The van der Waals surface area contributed by atoms with Gasteiger partial charge in [-0.25, -0.2) is 9.97 Å². The molecule has 0 spiro atoms. The topological polar surface area (TPSA) is 41.1 Å². The summed E-state index contributed by atoms with van der Waals surface area (Å²) >= 11 is 6.13. The van der Waals surface area contributed by atoms with E-state index in [9.17, 15) is 0 Å². The maximum atomic E-state index is 6.13. The lowest BCUT2D eigenvalue weighted by atomic mass is 10.0. The first-order valence-corrected chi connectivity index (χ1v) is 8.33. The van der Waals surface area contributed by atoms with E-state index < -0.39 is 0 Å². The molecule has 3 heterocycles. The lowest BCUT2D eigenvalue weighted by molar-refractivity contribution is 0.571. The SMILES string of the molecule is Clc1ccc2c(c1)NCCc1c-2ncnc1N1CCCCC1. The average molecular weight is 315 g/mol. The van der Waals surface area contributed by atoms with Gasteiger partial charge in [-0.2, -0.15) is 0 Å². The average Bonchev–Trinajstić information content (AvgIpc) is 2.74. The molecular weight excluding hydrogens is 296 g/mol. The number of hydrogen-bond acceptors (Lipinski definition) is 4. The molecule has 1 aromatic heterocycles. The number of anilines is 2. The Kier molecular flexibility index (Phi) is 3.62. The summed E-state index contributed by atoms with van der Waals surface area (Å²) in [5.41, 5.74) is 4.50. The van der Waals surface area contributed by atoms with E-state index in [-0.39, 0.29) is 0 Å². The first-order valence-electron chi connectivity index (χ1n) is 7.95. The minimum atomic E-state index is 0.750. The van der Waals surface area contributed by atoms with E-state index in [4.69, 9.17) is 11.6 Å². The lowest BCUT2D eigenvalue weighted by Crippen LogP contribution is -2.31. The van der Waals surface area contributed by atoms with Gasteiger partial charge in [0.2, 0.25) is 0 Å². The molecular formula is C17H19ClN4. The van der Waals surface area contributed by atoms with Crippen molar-refractivity contribution in [3.8, 4) is 11.3 Å². The highest BCUT2D eigenvalue weighted by Gasteiger charge is 2.23. The number of nitrogens with zero attached hydrogens (tertiary/aromatic N) is 3. The highest BCUT2D eigenvalue weighted by atomic mass is 35.5. The van der Waals surface area contributed by atoms with Gasteiger partial charge >= 0.3 is 0 Å². The molecule has 1 aromatic carbocycles. The Morgan fingerprint density at radius 1 is 1.09 bits per heavy atom. The third kappa shape index (κ3) is 2.41. The standard InChI is InChI=1S/C17H19ClN4/c18-12-4-5-13-15(10-12)19-7-6-14-16(13)20-11-21-17(14)22-8-2-1-3-9-22/h4-5,10-11,19H,1-3,6-9H2. The van der Waals surface area contributed by atoms with Crippen molar-refractivity contribution in [2.45, 2.75) is 25.7 Å². The zero-order chi connectivity index (χ0) is 14.9. The molecule has 114 valence electrons. The third-order valence-electron chi connectivity index (χ3n) is 4.51. The Bertz CT molecular complexity index is 695. The largest absolute Gasteiger partial charge is 0.384 e. The molecule has 2 aliphatic rings. The van der Waals surface area contributed by atoms with Gasteiger partial charge in [0.1, 0.15) is 12.1 Å². The number of aromatic nitrogens is 2. The summed E-state index contributed by atoms with van der Waals surface area (Å²) in [5, 5.41) is 4.22. The number of rotatable bonds is 1. The highest BCUT2D eigenvalue weighted by Crippen LogP contribution is 2.37. The molecule has 0 amide bonds. The summed E-state index contributed by atoms with van der Waals surface area (Å²) in [5.74, 6) is 1.12. The van der Waals surface area contributed by atoms with Crippen LogP contribution in [0.5, 0.6) is 0 Å². The predicted molar refractivity (Wildman–Crippen MR) is 90.7 cm³/mol. The van der Waals surface area contributed by atoms with Gasteiger partial charge in [0.25, 0.3) is 0 Å². The lowest BCUT2D eigenvalue weighted by Gasteiger charge is -2.29. The fourth-order valence-corrected chi connectivity index (χ4v) is 3.61. The number of hydrogen-bond donors (Lipinski definition) is 1. The zero-order valence-corrected chi connectivity index (χ0v) is 13.2. The van der Waals surface area contributed by atoms with Crippen LogP contribution in [0.25, 0.3) is 11.3 Å².